The van der Waals surface area contributed by atoms with Crippen molar-refractivity contribution < 1.29 is 13.6 Å². The van der Waals surface area contributed by atoms with Crippen molar-refractivity contribution in [1.29, 1.82) is 0 Å². The Hall–Kier alpha value is -2.69. The van der Waals surface area contributed by atoms with E-state index in [2.05, 4.69) is 5.32 Å². The zero-order valence-electron chi connectivity index (χ0n) is 12.2. The third kappa shape index (κ3) is 2.20. The SMILES string of the molecule is O=C1NCC2C(c3cc(F)ccc3F)=CC(c3ccccc3)N12. The average molecular weight is 312 g/mol. The first-order chi connectivity index (χ1) is 11.1. The van der Waals surface area contributed by atoms with Gasteiger partial charge in [-0.3, -0.25) is 0 Å². The van der Waals surface area contributed by atoms with Crippen LogP contribution in [0.2, 0.25) is 0 Å². The Labute approximate surface area is 132 Å². The summed E-state index contributed by atoms with van der Waals surface area (Å²) >= 11 is 0. The van der Waals surface area contributed by atoms with Gasteiger partial charge in [0.05, 0.1) is 12.1 Å². The van der Waals surface area contributed by atoms with E-state index in [-0.39, 0.29) is 23.7 Å². The molecule has 0 saturated carbocycles. The van der Waals surface area contributed by atoms with Gasteiger partial charge < -0.3 is 10.2 Å². The van der Waals surface area contributed by atoms with Gasteiger partial charge in [-0.15, -0.1) is 0 Å². The first-order valence-electron chi connectivity index (χ1n) is 7.43. The monoisotopic (exact) mass is 312 g/mol. The number of halogens is 2. The normalized spacial score (nSPS) is 22.8. The van der Waals surface area contributed by atoms with E-state index >= 15 is 0 Å². The molecule has 4 rings (SSSR count). The van der Waals surface area contributed by atoms with E-state index in [1.165, 1.54) is 6.07 Å². The number of nitrogens with one attached hydrogen (secondary N) is 1. The van der Waals surface area contributed by atoms with E-state index in [0.717, 1.165) is 17.7 Å². The van der Waals surface area contributed by atoms with Gasteiger partial charge in [-0.2, -0.15) is 0 Å². The highest BCUT2D eigenvalue weighted by molar-refractivity contribution is 5.87. The average Bonchev–Trinajstić information content (AvgIpc) is 3.12. The highest BCUT2D eigenvalue weighted by Crippen LogP contribution is 2.41. The molecular formula is C18H14F2N2O. The molecule has 0 aliphatic carbocycles. The predicted octanol–water partition coefficient (Wildman–Crippen LogP) is 3.50. The van der Waals surface area contributed by atoms with Crippen LogP contribution in [0.15, 0.2) is 54.6 Å². The lowest BCUT2D eigenvalue weighted by Gasteiger charge is -2.24. The standard InChI is InChI=1S/C18H14F2N2O/c19-12-6-7-15(20)13(8-12)14-9-16(11-4-2-1-3-5-11)22-17(14)10-21-18(22)23/h1-9,16-17H,10H2,(H,21,23). The second-order valence-electron chi connectivity index (χ2n) is 5.71. The maximum absolute atomic E-state index is 14.2. The van der Waals surface area contributed by atoms with Crippen LogP contribution < -0.4 is 5.32 Å². The van der Waals surface area contributed by atoms with Crippen LogP contribution in [0.1, 0.15) is 17.2 Å². The molecule has 0 spiro atoms. The molecule has 2 aliphatic rings. The van der Waals surface area contributed by atoms with Gasteiger partial charge >= 0.3 is 6.03 Å². The maximum atomic E-state index is 14.2. The van der Waals surface area contributed by atoms with Crippen LogP contribution in [0, 0.1) is 11.6 Å². The van der Waals surface area contributed by atoms with Crippen molar-refractivity contribution in [2.24, 2.45) is 0 Å². The van der Waals surface area contributed by atoms with E-state index in [0.29, 0.717) is 12.1 Å². The van der Waals surface area contributed by atoms with E-state index < -0.39 is 11.6 Å². The Kier molecular flexibility index (Phi) is 3.15. The fraction of sp³-hybridized carbons (Fsp3) is 0.167. The Morgan fingerprint density at radius 1 is 1.09 bits per heavy atom. The maximum Gasteiger partial charge on any atom is 0.318 e. The quantitative estimate of drug-likeness (QED) is 0.904. The minimum atomic E-state index is -0.491. The van der Waals surface area contributed by atoms with Crippen LogP contribution in [0.25, 0.3) is 5.57 Å². The Morgan fingerprint density at radius 2 is 1.87 bits per heavy atom. The summed E-state index contributed by atoms with van der Waals surface area (Å²) in [6.45, 7) is 0.393. The molecule has 0 radical (unpaired) electrons. The summed E-state index contributed by atoms with van der Waals surface area (Å²) in [7, 11) is 0. The molecule has 2 aromatic carbocycles. The van der Waals surface area contributed by atoms with Crippen molar-refractivity contribution in [3.8, 4) is 0 Å². The lowest BCUT2D eigenvalue weighted by Crippen LogP contribution is -2.33. The smallest absolute Gasteiger partial charge is 0.318 e. The van der Waals surface area contributed by atoms with E-state index in [4.69, 9.17) is 0 Å². The molecular weight excluding hydrogens is 298 g/mol. The molecule has 2 atom stereocenters. The molecule has 2 unspecified atom stereocenters. The fourth-order valence-corrected chi connectivity index (χ4v) is 3.35. The minimum Gasteiger partial charge on any atom is -0.336 e. The molecule has 0 aromatic heterocycles. The predicted molar refractivity (Wildman–Crippen MR) is 82.5 cm³/mol. The molecule has 1 N–H and O–H groups in total. The molecule has 1 saturated heterocycles. The molecule has 2 heterocycles. The van der Waals surface area contributed by atoms with Gasteiger partial charge in [0.15, 0.2) is 0 Å². The number of fused-ring (bicyclic) bond motifs is 1. The topological polar surface area (TPSA) is 32.3 Å². The largest absolute Gasteiger partial charge is 0.336 e. The summed E-state index contributed by atoms with van der Waals surface area (Å²) in [4.78, 5) is 13.9. The Bertz CT molecular complexity index is 804. The van der Waals surface area contributed by atoms with Gasteiger partial charge in [-0.1, -0.05) is 36.4 Å². The Balaban J connectivity index is 1.83. The fourth-order valence-electron chi connectivity index (χ4n) is 3.35. The third-order valence-corrected chi connectivity index (χ3v) is 4.39. The second kappa shape index (κ2) is 5.19. The lowest BCUT2D eigenvalue weighted by molar-refractivity contribution is 0.205. The summed E-state index contributed by atoms with van der Waals surface area (Å²) in [6.07, 6.45) is 1.86. The molecule has 116 valence electrons. The number of rotatable bonds is 2. The summed E-state index contributed by atoms with van der Waals surface area (Å²) in [5.74, 6) is -0.972. The van der Waals surface area contributed by atoms with E-state index in [1.807, 2.05) is 36.4 Å². The van der Waals surface area contributed by atoms with Crippen LogP contribution in [-0.2, 0) is 0 Å². The van der Waals surface area contributed by atoms with Gasteiger partial charge in [0.1, 0.15) is 11.6 Å². The highest BCUT2D eigenvalue weighted by Gasteiger charge is 2.43. The summed E-state index contributed by atoms with van der Waals surface area (Å²) in [5.41, 5.74) is 1.81. The summed E-state index contributed by atoms with van der Waals surface area (Å²) < 4.78 is 27.7. The molecule has 1 fully saturated rings. The molecule has 2 amide bonds. The lowest BCUT2D eigenvalue weighted by atomic mass is 9.99. The van der Waals surface area contributed by atoms with Crippen molar-refractivity contribution in [3.63, 3.8) is 0 Å². The van der Waals surface area contributed by atoms with Crippen LogP contribution in [0.4, 0.5) is 13.6 Å². The molecule has 23 heavy (non-hydrogen) atoms. The minimum absolute atomic E-state index is 0.188. The number of hydrogen-bond donors (Lipinski definition) is 1. The van der Waals surface area contributed by atoms with Crippen molar-refractivity contribution in [2.45, 2.75) is 12.1 Å². The molecule has 2 aromatic rings. The first kappa shape index (κ1) is 13.9. The molecule has 0 bridgehead atoms. The van der Waals surface area contributed by atoms with E-state index in [1.54, 1.807) is 4.90 Å². The van der Waals surface area contributed by atoms with Gasteiger partial charge in [0, 0.05) is 12.1 Å². The zero-order chi connectivity index (χ0) is 16.0. The number of nitrogens with zero attached hydrogens (tertiary/aromatic N) is 1. The number of hydrogen-bond acceptors (Lipinski definition) is 1. The van der Waals surface area contributed by atoms with Gasteiger partial charge in [-0.25, -0.2) is 13.6 Å². The van der Waals surface area contributed by atoms with Crippen molar-refractivity contribution in [2.75, 3.05) is 6.54 Å². The van der Waals surface area contributed by atoms with Crippen LogP contribution in [0.5, 0.6) is 0 Å². The van der Waals surface area contributed by atoms with Crippen LogP contribution in [0.3, 0.4) is 0 Å². The van der Waals surface area contributed by atoms with E-state index in [9.17, 15) is 13.6 Å². The first-order valence-corrected chi connectivity index (χ1v) is 7.43. The van der Waals surface area contributed by atoms with Crippen molar-refractivity contribution in [3.05, 3.63) is 77.4 Å². The molecule has 5 heteroatoms. The summed E-state index contributed by atoms with van der Waals surface area (Å²) in [5, 5.41) is 2.79. The molecule has 2 aliphatic heterocycles. The van der Waals surface area contributed by atoms with Crippen LogP contribution in [-0.4, -0.2) is 23.5 Å². The van der Waals surface area contributed by atoms with Gasteiger partial charge in [0.25, 0.3) is 0 Å². The van der Waals surface area contributed by atoms with Gasteiger partial charge in [0.2, 0.25) is 0 Å². The van der Waals surface area contributed by atoms with Crippen molar-refractivity contribution in [1.82, 2.24) is 10.2 Å². The number of carbonyl (C=O) groups excluding carboxylic acids is 1. The number of urea groups is 1. The third-order valence-electron chi connectivity index (χ3n) is 4.39. The number of carbonyl (C=O) groups is 1. The number of benzene rings is 2. The number of amides is 2. The molecule has 3 nitrogen and oxygen atoms in total. The second-order valence-corrected chi connectivity index (χ2v) is 5.71. The van der Waals surface area contributed by atoms with Gasteiger partial charge in [-0.05, 0) is 29.3 Å². The summed E-state index contributed by atoms with van der Waals surface area (Å²) in [6, 6.07) is 12.2. The van der Waals surface area contributed by atoms with Crippen LogP contribution >= 0.6 is 0 Å². The Morgan fingerprint density at radius 3 is 2.65 bits per heavy atom. The zero-order valence-corrected chi connectivity index (χ0v) is 12.2. The highest BCUT2D eigenvalue weighted by atomic mass is 19.1. The van der Waals surface area contributed by atoms with Crippen molar-refractivity contribution >= 4 is 11.6 Å².